The van der Waals surface area contributed by atoms with Crippen LogP contribution in [0.25, 0.3) is 0 Å². The third-order valence-electron chi connectivity index (χ3n) is 4.79. The van der Waals surface area contributed by atoms with E-state index >= 15 is 0 Å². The highest BCUT2D eigenvalue weighted by molar-refractivity contribution is 7.89. The van der Waals surface area contributed by atoms with Crippen LogP contribution in [0.1, 0.15) is 50.9 Å². The van der Waals surface area contributed by atoms with E-state index in [2.05, 4.69) is 14.9 Å². The van der Waals surface area contributed by atoms with E-state index in [0.29, 0.717) is 37.3 Å². The van der Waals surface area contributed by atoms with Crippen molar-refractivity contribution >= 4 is 15.9 Å². The summed E-state index contributed by atoms with van der Waals surface area (Å²) < 4.78 is 27.9. The van der Waals surface area contributed by atoms with Crippen LogP contribution in [-0.4, -0.2) is 48.6 Å². The molecule has 1 saturated heterocycles. The fourth-order valence-electron chi connectivity index (χ4n) is 3.33. The van der Waals surface area contributed by atoms with Crippen LogP contribution in [0.4, 0.5) is 0 Å². The molecule has 24 heavy (non-hydrogen) atoms. The van der Waals surface area contributed by atoms with Crippen LogP contribution < -0.4 is 4.72 Å². The molecule has 1 aliphatic heterocycles. The Morgan fingerprint density at radius 3 is 2.33 bits per heavy atom. The van der Waals surface area contributed by atoms with E-state index in [1.807, 2.05) is 18.7 Å². The van der Waals surface area contributed by atoms with E-state index < -0.39 is 10.0 Å². The number of amides is 1. The van der Waals surface area contributed by atoms with Gasteiger partial charge >= 0.3 is 0 Å². The van der Waals surface area contributed by atoms with Crippen molar-refractivity contribution in [3.63, 3.8) is 0 Å². The minimum Gasteiger partial charge on any atom is -0.342 e. The second kappa shape index (κ2) is 7.65. The van der Waals surface area contributed by atoms with Gasteiger partial charge in [0.05, 0.1) is 11.4 Å². The fraction of sp³-hybridized carbons (Fsp3) is 0.750. The van der Waals surface area contributed by atoms with Crippen LogP contribution in [0.15, 0.2) is 4.90 Å². The summed E-state index contributed by atoms with van der Waals surface area (Å²) in [5.74, 6) is 0.275. The van der Waals surface area contributed by atoms with Crippen molar-refractivity contribution in [3.8, 4) is 0 Å². The standard InChI is InChI=1S/C16H28N4O3S/c1-5-13(6-2)16(21)20-9-7-14(8-10-20)19-24(22,23)15-11(3)17-18-12(15)4/h13-14,19H,5-10H2,1-4H3,(H,17,18). The second-order valence-corrected chi connectivity index (χ2v) is 8.15. The molecule has 0 aliphatic carbocycles. The average Bonchev–Trinajstić information content (AvgIpc) is 2.88. The molecule has 1 aromatic rings. The molecule has 0 atom stereocenters. The quantitative estimate of drug-likeness (QED) is 0.811. The van der Waals surface area contributed by atoms with E-state index in [4.69, 9.17) is 0 Å². The number of rotatable bonds is 6. The number of H-pyrrole nitrogens is 1. The molecule has 2 rings (SSSR count). The van der Waals surface area contributed by atoms with Crippen molar-refractivity contribution in [1.29, 1.82) is 0 Å². The Morgan fingerprint density at radius 1 is 1.29 bits per heavy atom. The largest absolute Gasteiger partial charge is 0.342 e. The van der Waals surface area contributed by atoms with E-state index in [9.17, 15) is 13.2 Å². The van der Waals surface area contributed by atoms with Crippen molar-refractivity contribution in [2.24, 2.45) is 5.92 Å². The predicted molar refractivity (Wildman–Crippen MR) is 92.1 cm³/mol. The summed E-state index contributed by atoms with van der Waals surface area (Å²) in [4.78, 5) is 14.5. The zero-order valence-electron chi connectivity index (χ0n) is 14.9. The summed E-state index contributed by atoms with van der Waals surface area (Å²) in [6.45, 7) is 8.64. The van der Waals surface area contributed by atoms with Gasteiger partial charge in [0, 0.05) is 25.0 Å². The van der Waals surface area contributed by atoms with E-state index in [1.54, 1.807) is 13.8 Å². The summed E-state index contributed by atoms with van der Waals surface area (Å²) in [6, 6.07) is -0.144. The van der Waals surface area contributed by atoms with Crippen molar-refractivity contribution in [1.82, 2.24) is 19.8 Å². The van der Waals surface area contributed by atoms with Gasteiger partial charge < -0.3 is 4.90 Å². The SMILES string of the molecule is CCC(CC)C(=O)N1CCC(NS(=O)(=O)c2c(C)n[nH]c2C)CC1. The third-order valence-corrected chi connectivity index (χ3v) is 6.58. The van der Waals surface area contributed by atoms with E-state index in [0.717, 1.165) is 12.8 Å². The number of sulfonamides is 1. The number of aromatic amines is 1. The smallest absolute Gasteiger partial charge is 0.244 e. The maximum absolute atomic E-state index is 12.6. The van der Waals surface area contributed by atoms with Gasteiger partial charge in [0.1, 0.15) is 4.90 Å². The van der Waals surface area contributed by atoms with Gasteiger partial charge in [0.2, 0.25) is 15.9 Å². The number of hydrogen-bond acceptors (Lipinski definition) is 4. The maximum Gasteiger partial charge on any atom is 0.244 e. The number of piperidine rings is 1. The predicted octanol–water partition coefficient (Wildman–Crippen LogP) is 1.73. The summed E-state index contributed by atoms with van der Waals surface area (Å²) >= 11 is 0. The maximum atomic E-state index is 12.6. The third kappa shape index (κ3) is 3.97. The topological polar surface area (TPSA) is 95.2 Å². The zero-order chi connectivity index (χ0) is 17.9. The normalized spacial score (nSPS) is 16.8. The van der Waals surface area contributed by atoms with Gasteiger partial charge in [0.15, 0.2) is 0 Å². The molecule has 1 fully saturated rings. The molecule has 0 radical (unpaired) electrons. The monoisotopic (exact) mass is 356 g/mol. The highest BCUT2D eigenvalue weighted by atomic mass is 32.2. The van der Waals surface area contributed by atoms with Gasteiger partial charge in [-0.1, -0.05) is 13.8 Å². The van der Waals surface area contributed by atoms with Gasteiger partial charge in [-0.3, -0.25) is 9.89 Å². The van der Waals surface area contributed by atoms with Crippen LogP contribution in [0.5, 0.6) is 0 Å². The van der Waals surface area contributed by atoms with E-state index in [-0.39, 0.29) is 22.8 Å². The molecule has 2 heterocycles. The Bertz CT molecular complexity index is 652. The first-order valence-electron chi connectivity index (χ1n) is 8.62. The lowest BCUT2D eigenvalue weighted by atomic mass is 9.99. The molecule has 1 amide bonds. The first kappa shape index (κ1) is 18.9. The highest BCUT2D eigenvalue weighted by Gasteiger charge is 2.30. The number of hydrogen-bond donors (Lipinski definition) is 2. The van der Waals surface area contributed by atoms with Crippen molar-refractivity contribution in [3.05, 3.63) is 11.4 Å². The first-order valence-corrected chi connectivity index (χ1v) is 10.1. The number of likely N-dealkylation sites (tertiary alicyclic amines) is 1. The van der Waals surface area contributed by atoms with Gasteiger partial charge in [0.25, 0.3) is 0 Å². The van der Waals surface area contributed by atoms with Gasteiger partial charge in [-0.05, 0) is 39.5 Å². The van der Waals surface area contributed by atoms with Crippen LogP contribution >= 0.6 is 0 Å². The highest BCUT2D eigenvalue weighted by Crippen LogP contribution is 2.21. The molecule has 2 N–H and O–H groups in total. The molecule has 0 bridgehead atoms. The lowest BCUT2D eigenvalue weighted by Crippen LogP contribution is -2.48. The van der Waals surface area contributed by atoms with Gasteiger partial charge in [-0.2, -0.15) is 5.10 Å². The number of nitrogens with one attached hydrogen (secondary N) is 2. The fourth-order valence-corrected chi connectivity index (χ4v) is 5.00. The zero-order valence-corrected chi connectivity index (χ0v) is 15.7. The molecule has 0 saturated carbocycles. The van der Waals surface area contributed by atoms with Crippen LogP contribution in [0.3, 0.4) is 0 Å². The Hall–Kier alpha value is -1.41. The summed E-state index contributed by atoms with van der Waals surface area (Å²) in [7, 11) is -3.59. The summed E-state index contributed by atoms with van der Waals surface area (Å²) in [6.07, 6.45) is 2.98. The number of aromatic nitrogens is 2. The van der Waals surface area contributed by atoms with E-state index in [1.165, 1.54) is 0 Å². The summed E-state index contributed by atoms with van der Waals surface area (Å²) in [5.41, 5.74) is 1.02. The molecule has 0 unspecified atom stereocenters. The number of nitrogens with zero attached hydrogens (tertiary/aromatic N) is 2. The Balaban J connectivity index is 1.97. The van der Waals surface area contributed by atoms with Gasteiger partial charge in [-0.25, -0.2) is 13.1 Å². The van der Waals surface area contributed by atoms with Gasteiger partial charge in [-0.15, -0.1) is 0 Å². The molecule has 1 aromatic heterocycles. The lowest BCUT2D eigenvalue weighted by Gasteiger charge is -2.34. The summed E-state index contributed by atoms with van der Waals surface area (Å²) in [5, 5.41) is 6.66. The molecule has 0 spiro atoms. The Kier molecular flexibility index (Phi) is 6.03. The van der Waals surface area contributed by atoms with Crippen molar-refractivity contribution in [2.45, 2.75) is 64.3 Å². The minimum atomic E-state index is -3.59. The molecule has 8 heteroatoms. The number of carbonyl (C=O) groups excluding carboxylic acids is 1. The lowest BCUT2D eigenvalue weighted by molar-refractivity contribution is -0.136. The minimum absolute atomic E-state index is 0.0782. The Labute approximate surface area is 144 Å². The Morgan fingerprint density at radius 2 is 1.88 bits per heavy atom. The average molecular weight is 356 g/mol. The molecular weight excluding hydrogens is 328 g/mol. The van der Waals surface area contributed by atoms with Crippen LogP contribution in [0, 0.1) is 19.8 Å². The van der Waals surface area contributed by atoms with Crippen LogP contribution in [0.2, 0.25) is 0 Å². The molecule has 1 aliphatic rings. The van der Waals surface area contributed by atoms with Crippen LogP contribution in [-0.2, 0) is 14.8 Å². The first-order chi connectivity index (χ1) is 11.3. The molecule has 136 valence electrons. The second-order valence-electron chi connectivity index (χ2n) is 6.50. The molecule has 0 aromatic carbocycles. The molecular formula is C16H28N4O3S. The van der Waals surface area contributed by atoms with Crippen molar-refractivity contribution in [2.75, 3.05) is 13.1 Å². The van der Waals surface area contributed by atoms with Crippen molar-refractivity contribution < 1.29 is 13.2 Å². The molecule has 7 nitrogen and oxygen atoms in total. The number of aryl methyl sites for hydroxylation is 2. The number of carbonyl (C=O) groups is 1.